The van der Waals surface area contributed by atoms with Crippen LogP contribution in [0.4, 0.5) is 0 Å². The van der Waals surface area contributed by atoms with Crippen LogP contribution in [0.2, 0.25) is 0 Å². The fourth-order valence-corrected chi connectivity index (χ4v) is 3.03. The standard InChI is InChI=1S/C24H24N2O3/c1-4-29-22-15-14-18(19-12-8-9-13-20(19)22)16-21(24(28)26(2)3)25-23(27)17-10-6-5-7-11-17/h5-16H,4H2,1-3H3,(H,25,27). The van der Waals surface area contributed by atoms with E-state index in [4.69, 9.17) is 4.74 Å². The summed E-state index contributed by atoms with van der Waals surface area (Å²) >= 11 is 0. The van der Waals surface area contributed by atoms with Crippen LogP contribution in [0.5, 0.6) is 5.75 Å². The third kappa shape index (κ3) is 4.63. The molecule has 0 atom stereocenters. The molecule has 0 spiro atoms. The Bertz CT molecular complexity index is 1060. The van der Waals surface area contributed by atoms with E-state index < -0.39 is 0 Å². The molecule has 0 saturated carbocycles. The summed E-state index contributed by atoms with van der Waals surface area (Å²) in [5.41, 5.74) is 1.52. The fourth-order valence-electron chi connectivity index (χ4n) is 3.03. The number of fused-ring (bicyclic) bond motifs is 1. The van der Waals surface area contributed by atoms with E-state index in [2.05, 4.69) is 5.32 Å². The number of benzene rings is 3. The van der Waals surface area contributed by atoms with Crippen LogP contribution >= 0.6 is 0 Å². The van der Waals surface area contributed by atoms with E-state index in [0.29, 0.717) is 12.2 Å². The van der Waals surface area contributed by atoms with Crippen LogP contribution < -0.4 is 10.1 Å². The summed E-state index contributed by atoms with van der Waals surface area (Å²) < 4.78 is 5.72. The van der Waals surface area contributed by atoms with E-state index in [1.807, 2.05) is 49.4 Å². The number of nitrogens with one attached hydrogen (secondary N) is 1. The van der Waals surface area contributed by atoms with Gasteiger partial charge in [-0.3, -0.25) is 9.59 Å². The molecule has 5 nitrogen and oxygen atoms in total. The van der Waals surface area contributed by atoms with E-state index in [0.717, 1.165) is 22.1 Å². The van der Waals surface area contributed by atoms with Gasteiger partial charge in [0.1, 0.15) is 11.4 Å². The summed E-state index contributed by atoms with van der Waals surface area (Å²) in [4.78, 5) is 26.8. The van der Waals surface area contributed by atoms with Gasteiger partial charge in [-0.15, -0.1) is 0 Å². The highest BCUT2D eigenvalue weighted by Gasteiger charge is 2.17. The van der Waals surface area contributed by atoms with E-state index in [1.54, 1.807) is 44.4 Å². The van der Waals surface area contributed by atoms with Gasteiger partial charge in [0.25, 0.3) is 11.8 Å². The van der Waals surface area contributed by atoms with Crippen LogP contribution in [0.25, 0.3) is 16.8 Å². The maximum absolute atomic E-state index is 12.7. The second-order valence-electron chi connectivity index (χ2n) is 6.71. The van der Waals surface area contributed by atoms with Crippen molar-refractivity contribution in [3.63, 3.8) is 0 Å². The molecule has 0 heterocycles. The van der Waals surface area contributed by atoms with Crippen molar-refractivity contribution < 1.29 is 14.3 Å². The minimum Gasteiger partial charge on any atom is -0.493 e. The van der Waals surface area contributed by atoms with Gasteiger partial charge in [-0.25, -0.2) is 0 Å². The Balaban J connectivity index is 2.05. The number of carbonyl (C=O) groups excluding carboxylic acids is 2. The first-order chi connectivity index (χ1) is 14.0. The monoisotopic (exact) mass is 388 g/mol. The van der Waals surface area contributed by atoms with Gasteiger partial charge in [0.05, 0.1) is 6.61 Å². The molecule has 0 radical (unpaired) electrons. The lowest BCUT2D eigenvalue weighted by Crippen LogP contribution is -2.34. The van der Waals surface area contributed by atoms with Crippen molar-refractivity contribution in [2.75, 3.05) is 20.7 Å². The number of ether oxygens (including phenoxy) is 1. The summed E-state index contributed by atoms with van der Waals surface area (Å²) in [7, 11) is 3.31. The van der Waals surface area contributed by atoms with Gasteiger partial charge in [0.15, 0.2) is 0 Å². The van der Waals surface area contributed by atoms with Crippen molar-refractivity contribution >= 4 is 28.7 Å². The largest absolute Gasteiger partial charge is 0.493 e. The highest BCUT2D eigenvalue weighted by molar-refractivity contribution is 6.06. The summed E-state index contributed by atoms with van der Waals surface area (Å²) in [6, 6.07) is 20.4. The molecule has 0 saturated heterocycles. The number of hydrogen-bond donors (Lipinski definition) is 1. The molecule has 3 aromatic rings. The van der Waals surface area contributed by atoms with Crippen LogP contribution in [-0.2, 0) is 4.79 Å². The molecule has 0 bridgehead atoms. The first kappa shape index (κ1) is 20.1. The predicted octanol–water partition coefficient (Wildman–Crippen LogP) is 4.10. The van der Waals surface area contributed by atoms with E-state index >= 15 is 0 Å². The normalized spacial score (nSPS) is 11.2. The van der Waals surface area contributed by atoms with Crippen molar-refractivity contribution in [1.82, 2.24) is 10.2 Å². The first-order valence-electron chi connectivity index (χ1n) is 9.45. The Hall–Kier alpha value is -3.60. The molecule has 5 heteroatoms. The van der Waals surface area contributed by atoms with E-state index in [9.17, 15) is 9.59 Å². The maximum atomic E-state index is 12.7. The molecular weight excluding hydrogens is 364 g/mol. The molecule has 0 aliphatic heterocycles. The molecule has 0 fully saturated rings. The Morgan fingerprint density at radius 3 is 2.24 bits per heavy atom. The molecule has 0 aromatic heterocycles. The van der Waals surface area contributed by atoms with Crippen molar-refractivity contribution in [3.8, 4) is 5.75 Å². The lowest BCUT2D eigenvalue weighted by molar-refractivity contribution is -0.124. The number of hydrogen-bond acceptors (Lipinski definition) is 3. The Kier molecular flexibility index (Phi) is 6.29. The average Bonchev–Trinajstić information content (AvgIpc) is 2.75. The molecular formula is C24H24N2O3. The van der Waals surface area contributed by atoms with Crippen LogP contribution in [0, 0.1) is 0 Å². The third-order valence-electron chi connectivity index (χ3n) is 4.44. The zero-order valence-corrected chi connectivity index (χ0v) is 16.8. The summed E-state index contributed by atoms with van der Waals surface area (Å²) in [5, 5.41) is 4.66. The van der Waals surface area contributed by atoms with Gasteiger partial charge in [-0.1, -0.05) is 48.5 Å². The summed E-state index contributed by atoms with van der Waals surface area (Å²) in [6.45, 7) is 2.51. The third-order valence-corrected chi connectivity index (χ3v) is 4.44. The zero-order chi connectivity index (χ0) is 20.8. The molecule has 0 aliphatic rings. The van der Waals surface area contributed by atoms with Crippen LogP contribution in [-0.4, -0.2) is 37.4 Å². The topological polar surface area (TPSA) is 58.6 Å². The second-order valence-corrected chi connectivity index (χ2v) is 6.71. The van der Waals surface area contributed by atoms with Crippen molar-refractivity contribution in [1.29, 1.82) is 0 Å². The van der Waals surface area contributed by atoms with Crippen LogP contribution in [0.15, 0.2) is 72.4 Å². The van der Waals surface area contributed by atoms with E-state index in [1.165, 1.54) is 4.90 Å². The van der Waals surface area contributed by atoms with Crippen molar-refractivity contribution in [2.45, 2.75) is 6.92 Å². The minimum atomic E-state index is -0.331. The molecule has 3 rings (SSSR count). The maximum Gasteiger partial charge on any atom is 0.269 e. The highest BCUT2D eigenvalue weighted by Crippen LogP contribution is 2.29. The first-order valence-corrected chi connectivity index (χ1v) is 9.45. The zero-order valence-electron chi connectivity index (χ0n) is 16.8. The molecule has 29 heavy (non-hydrogen) atoms. The number of carbonyl (C=O) groups is 2. The highest BCUT2D eigenvalue weighted by atomic mass is 16.5. The number of rotatable bonds is 6. The summed E-state index contributed by atoms with van der Waals surface area (Å²) in [5.74, 6) is 0.170. The van der Waals surface area contributed by atoms with Gasteiger partial charge < -0.3 is 15.0 Å². The van der Waals surface area contributed by atoms with Gasteiger partial charge in [-0.2, -0.15) is 0 Å². The van der Waals surface area contributed by atoms with E-state index in [-0.39, 0.29) is 17.5 Å². The lowest BCUT2D eigenvalue weighted by Gasteiger charge is -2.16. The molecule has 0 unspecified atom stereocenters. The molecule has 0 aliphatic carbocycles. The average molecular weight is 388 g/mol. The Morgan fingerprint density at radius 1 is 0.931 bits per heavy atom. The minimum absolute atomic E-state index is 0.207. The molecule has 2 amide bonds. The van der Waals surface area contributed by atoms with Crippen LogP contribution in [0.3, 0.4) is 0 Å². The van der Waals surface area contributed by atoms with Crippen LogP contribution in [0.1, 0.15) is 22.8 Å². The van der Waals surface area contributed by atoms with Gasteiger partial charge in [-0.05, 0) is 42.1 Å². The van der Waals surface area contributed by atoms with Gasteiger partial charge >= 0.3 is 0 Å². The summed E-state index contributed by atoms with van der Waals surface area (Å²) in [6.07, 6.45) is 1.71. The molecule has 3 aromatic carbocycles. The van der Waals surface area contributed by atoms with Crippen molar-refractivity contribution in [2.24, 2.45) is 0 Å². The smallest absolute Gasteiger partial charge is 0.269 e. The van der Waals surface area contributed by atoms with Gasteiger partial charge in [0.2, 0.25) is 0 Å². The Labute approximate surface area is 170 Å². The predicted molar refractivity (Wildman–Crippen MR) is 116 cm³/mol. The number of likely N-dealkylation sites (N-methyl/N-ethyl adjacent to an activating group) is 1. The Morgan fingerprint density at radius 2 is 1.59 bits per heavy atom. The number of amides is 2. The SMILES string of the molecule is CCOc1ccc(C=C(NC(=O)c2ccccc2)C(=O)N(C)C)c2ccccc12. The van der Waals surface area contributed by atoms with Gasteiger partial charge in [0, 0.05) is 25.0 Å². The molecule has 148 valence electrons. The second kappa shape index (κ2) is 9.06. The quantitative estimate of drug-likeness (QED) is 0.647. The van der Waals surface area contributed by atoms with Crippen molar-refractivity contribution in [3.05, 3.63) is 83.6 Å². The number of nitrogens with zero attached hydrogens (tertiary/aromatic N) is 1. The molecule has 1 N–H and O–H groups in total. The fraction of sp³-hybridized carbons (Fsp3) is 0.167. The lowest BCUT2D eigenvalue weighted by atomic mass is 10.0.